The minimum atomic E-state index is -4.51. The summed E-state index contributed by atoms with van der Waals surface area (Å²) in [6, 6.07) is 9.66. The Bertz CT molecular complexity index is 962. The predicted molar refractivity (Wildman–Crippen MR) is 105 cm³/mol. The number of benzene rings is 2. The second-order valence-electron chi connectivity index (χ2n) is 6.79. The van der Waals surface area contributed by atoms with Crippen molar-refractivity contribution in [3.63, 3.8) is 0 Å². The van der Waals surface area contributed by atoms with Gasteiger partial charge in [0.1, 0.15) is 0 Å². The average molecular weight is 420 g/mol. The number of halogens is 3. The molecule has 7 nitrogen and oxygen atoms in total. The Hall–Kier alpha value is -3.56. The molecule has 4 amide bonds. The van der Waals surface area contributed by atoms with Crippen LogP contribution in [0.4, 0.5) is 35.0 Å². The molecule has 0 aromatic heterocycles. The zero-order chi connectivity index (χ0) is 21.7. The van der Waals surface area contributed by atoms with Gasteiger partial charge >= 0.3 is 12.2 Å². The van der Waals surface area contributed by atoms with Crippen LogP contribution in [0.25, 0.3) is 0 Å². The molecule has 1 heterocycles. The van der Waals surface area contributed by atoms with Crippen LogP contribution < -0.4 is 21.3 Å². The van der Waals surface area contributed by atoms with Gasteiger partial charge in [-0.05, 0) is 42.8 Å². The zero-order valence-electron chi connectivity index (χ0n) is 15.7. The van der Waals surface area contributed by atoms with Crippen LogP contribution in [0.5, 0.6) is 0 Å². The van der Waals surface area contributed by atoms with Crippen molar-refractivity contribution >= 4 is 34.9 Å². The third-order valence-electron chi connectivity index (χ3n) is 4.37. The molecule has 1 fully saturated rings. The molecule has 4 N–H and O–H groups in total. The molecule has 3 rings (SSSR count). The number of carbonyl (C=O) groups excluding carboxylic acids is 3. The molecule has 2 aromatic rings. The van der Waals surface area contributed by atoms with Gasteiger partial charge in [0.05, 0.1) is 5.56 Å². The van der Waals surface area contributed by atoms with Crippen molar-refractivity contribution in [1.82, 2.24) is 5.32 Å². The highest BCUT2D eigenvalue weighted by molar-refractivity contribution is 6.00. The van der Waals surface area contributed by atoms with Crippen LogP contribution in [-0.2, 0) is 15.8 Å². The third-order valence-corrected chi connectivity index (χ3v) is 4.37. The van der Waals surface area contributed by atoms with Gasteiger partial charge in [0.25, 0.3) is 0 Å². The van der Waals surface area contributed by atoms with Gasteiger partial charge in [-0.25, -0.2) is 4.79 Å². The first kappa shape index (κ1) is 21.2. The number of carbonyl (C=O) groups is 3. The molecule has 1 unspecified atom stereocenters. The lowest BCUT2D eigenvalue weighted by atomic mass is 10.1. The molecule has 0 bridgehead atoms. The molecule has 30 heavy (non-hydrogen) atoms. The maximum absolute atomic E-state index is 12.8. The van der Waals surface area contributed by atoms with Crippen LogP contribution in [0.2, 0.25) is 0 Å². The molecule has 1 aliphatic rings. The number of hydrogen-bond donors (Lipinski definition) is 4. The molecule has 0 radical (unpaired) electrons. The minimum absolute atomic E-state index is 0.00890. The molecule has 1 aliphatic heterocycles. The summed E-state index contributed by atoms with van der Waals surface area (Å²) in [4.78, 5) is 35.4. The standard InChI is InChI=1S/C20H19F3N4O3/c21-20(22,23)12-3-1-4-13(9-12)26-19(30)27-15-6-2-5-14(10-15)25-18(29)11-16-7-8-17(28)24-16/h1-6,9-10,16H,7-8,11H2,(H,24,28)(H,25,29)(H2,26,27,30). The Morgan fingerprint density at radius 1 is 0.967 bits per heavy atom. The first-order chi connectivity index (χ1) is 14.2. The van der Waals surface area contributed by atoms with Crippen LogP contribution in [0.3, 0.4) is 0 Å². The Morgan fingerprint density at radius 2 is 1.57 bits per heavy atom. The number of anilines is 3. The van der Waals surface area contributed by atoms with E-state index in [9.17, 15) is 27.6 Å². The lowest BCUT2D eigenvalue weighted by Crippen LogP contribution is -2.29. The monoisotopic (exact) mass is 420 g/mol. The highest BCUT2D eigenvalue weighted by Gasteiger charge is 2.30. The molecule has 10 heteroatoms. The molecular formula is C20H19F3N4O3. The molecule has 0 spiro atoms. The summed E-state index contributed by atoms with van der Waals surface area (Å²) in [5.41, 5.74) is -0.110. The summed E-state index contributed by atoms with van der Waals surface area (Å²) < 4.78 is 38.3. The quantitative estimate of drug-likeness (QED) is 0.589. The highest BCUT2D eigenvalue weighted by atomic mass is 19.4. The van der Waals surface area contributed by atoms with Crippen LogP contribution in [-0.4, -0.2) is 23.9 Å². The van der Waals surface area contributed by atoms with Gasteiger partial charge in [0.15, 0.2) is 0 Å². The highest BCUT2D eigenvalue weighted by Crippen LogP contribution is 2.30. The average Bonchev–Trinajstić information content (AvgIpc) is 3.06. The molecule has 0 saturated carbocycles. The van der Waals surface area contributed by atoms with E-state index >= 15 is 0 Å². The van der Waals surface area contributed by atoms with Crippen molar-refractivity contribution in [2.75, 3.05) is 16.0 Å². The maximum atomic E-state index is 12.8. The number of hydrogen-bond acceptors (Lipinski definition) is 3. The van der Waals surface area contributed by atoms with Crippen molar-refractivity contribution < 1.29 is 27.6 Å². The van der Waals surface area contributed by atoms with Crippen LogP contribution in [0.15, 0.2) is 48.5 Å². The van der Waals surface area contributed by atoms with Gasteiger partial charge < -0.3 is 21.3 Å². The van der Waals surface area contributed by atoms with E-state index in [1.807, 2.05) is 0 Å². The van der Waals surface area contributed by atoms with Crippen LogP contribution in [0, 0.1) is 0 Å². The molecule has 0 aliphatic carbocycles. The second-order valence-corrected chi connectivity index (χ2v) is 6.79. The van der Waals surface area contributed by atoms with E-state index in [1.165, 1.54) is 18.2 Å². The summed E-state index contributed by atoms with van der Waals surface area (Å²) in [6.45, 7) is 0. The van der Waals surface area contributed by atoms with Gasteiger partial charge in [-0.15, -0.1) is 0 Å². The van der Waals surface area contributed by atoms with Crippen molar-refractivity contribution in [3.05, 3.63) is 54.1 Å². The summed E-state index contributed by atoms with van der Waals surface area (Å²) >= 11 is 0. The summed E-state index contributed by atoms with van der Waals surface area (Å²) in [6.07, 6.45) is -3.37. The van der Waals surface area contributed by atoms with Gasteiger partial charge in [-0.2, -0.15) is 13.2 Å². The van der Waals surface area contributed by atoms with E-state index in [2.05, 4.69) is 21.3 Å². The summed E-state index contributed by atoms with van der Waals surface area (Å²) in [7, 11) is 0. The first-order valence-corrected chi connectivity index (χ1v) is 9.13. The lowest BCUT2D eigenvalue weighted by molar-refractivity contribution is -0.137. The first-order valence-electron chi connectivity index (χ1n) is 9.13. The molecule has 1 atom stereocenters. The van der Waals surface area contributed by atoms with E-state index in [0.29, 0.717) is 24.2 Å². The van der Waals surface area contributed by atoms with Crippen molar-refractivity contribution in [3.8, 4) is 0 Å². The Labute approximate surface area is 170 Å². The van der Waals surface area contributed by atoms with Gasteiger partial charge in [0, 0.05) is 35.9 Å². The predicted octanol–water partition coefficient (Wildman–Crippen LogP) is 3.96. The van der Waals surface area contributed by atoms with Gasteiger partial charge in [0.2, 0.25) is 11.8 Å². The molecular weight excluding hydrogens is 401 g/mol. The van der Waals surface area contributed by atoms with Crippen molar-refractivity contribution in [2.45, 2.75) is 31.5 Å². The molecule has 2 aromatic carbocycles. The van der Waals surface area contributed by atoms with Crippen LogP contribution in [0.1, 0.15) is 24.8 Å². The van der Waals surface area contributed by atoms with Crippen molar-refractivity contribution in [1.29, 1.82) is 0 Å². The fourth-order valence-electron chi connectivity index (χ4n) is 3.01. The Kier molecular flexibility index (Phi) is 6.24. The maximum Gasteiger partial charge on any atom is 0.416 e. The van der Waals surface area contributed by atoms with Crippen molar-refractivity contribution in [2.24, 2.45) is 0 Å². The molecule has 1 saturated heterocycles. The number of amides is 4. The zero-order valence-corrected chi connectivity index (χ0v) is 15.7. The van der Waals surface area contributed by atoms with Crippen LogP contribution >= 0.6 is 0 Å². The Balaban J connectivity index is 1.56. The van der Waals surface area contributed by atoms with E-state index in [1.54, 1.807) is 18.2 Å². The van der Waals surface area contributed by atoms with Gasteiger partial charge in [-0.1, -0.05) is 12.1 Å². The van der Waals surface area contributed by atoms with E-state index in [4.69, 9.17) is 0 Å². The summed E-state index contributed by atoms with van der Waals surface area (Å²) in [5, 5.41) is 10.2. The number of alkyl halides is 3. The second kappa shape index (κ2) is 8.85. The number of rotatable bonds is 5. The normalized spacial score (nSPS) is 16.0. The third kappa shape index (κ3) is 5.97. The fourth-order valence-corrected chi connectivity index (χ4v) is 3.01. The van der Waals surface area contributed by atoms with E-state index in [0.717, 1.165) is 12.1 Å². The topological polar surface area (TPSA) is 99.3 Å². The molecule has 158 valence electrons. The summed E-state index contributed by atoms with van der Waals surface area (Å²) in [5.74, 6) is -0.362. The minimum Gasteiger partial charge on any atom is -0.353 e. The number of urea groups is 1. The fraction of sp³-hybridized carbons (Fsp3) is 0.250. The lowest BCUT2D eigenvalue weighted by Gasteiger charge is -2.12. The Morgan fingerprint density at radius 3 is 2.17 bits per heavy atom. The SMILES string of the molecule is O=C(CC1CCC(=O)N1)Nc1cccc(NC(=O)Nc2cccc(C(F)(F)F)c2)c1. The van der Waals surface area contributed by atoms with E-state index < -0.39 is 17.8 Å². The number of nitrogens with one attached hydrogen (secondary N) is 4. The largest absolute Gasteiger partial charge is 0.416 e. The van der Waals surface area contributed by atoms with Gasteiger partial charge in [-0.3, -0.25) is 9.59 Å². The smallest absolute Gasteiger partial charge is 0.353 e. The van der Waals surface area contributed by atoms with E-state index in [-0.39, 0.29) is 30.0 Å².